The van der Waals surface area contributed by atoms with Gasteiger partial charge in [-0.25, -0.2) is 0 Å². The number of hydrogen-bond acceptors (Lipinski definition) is 4. The number of fused-ring (bicyclic) bond motifs is 1. The second kappa shape index (κ2) is 4.11. The molecule has 0 radical (unpaired) electrons. The molecule has 1 saturated carbocycles. The molecule has 1 fully saturated rings. The highest BCUT2D eigenvalue weighted by molar-refractivity contribution is 5.55. The summed E-state index contributed by atoms with van der Waals surface area (Å²) in [5.41, 5.74) is 0.461. The maximum Gasteiger partial charge on any atom is 0.163 e. The molecule has 2 aliphatic rings. The Kier molecular flexibility index (Phi) is 2.59. The monoisotopic (exact) mass is 235 g/mol. The van der Waals surface area contributed by atoms with Crippen LogP contribution in [0.25, 0.3) is 0 Å². The number of benzene rings is 1. The molecule has 17 heavy (non-hydrogen) atoms. The largest absolute Gasteiger partial charge is 0.486 e. The molecule has 4 nitrogen and oxygen atoms in total. The molecule has 1 aliphatic carbocycles. The second-order valence-electron chi connectivity index (χ2n) is 4.79. The molecule has 1 aromatic rings. The zero-order valence-electron chi connectivity index (χ0n) is 9.74. The van der Waals surface area contributed by atoms with E-state index in [0.29, 0.717) is 19.8 Å². The fraction of sp³-hybridized carbons (Fsp3) is 0.538. The molecule has 1 heterocycles. The molecule has 0 unspecified atom stereocenters. The van der Waals surface area contributed by atoms with Gasteiger partial charge in [0.2, 0.25) is 0 Å². The van der Waals surface area contributed by atoms with E-state index in [1.165, 1.54) is 0 Å². The highest BCUT2D eigenvalue weighted by Gasteiger charge is 2.33. The van der Waals surface area contributed by atoms with Crippen molar-refractivity contribution >= 4 is 5.69 Å². The highest BCUT2D eigenvalue weighted by Crippen LogP contribution is 2.34. The summed E-state index contributed by atoms with van der Waals surface area (Å²) in [7, 11) is 0. The van der Waals surface area contributed by atoms with Crippen LogP contribution < -0.4 is 14.8 Å². The van der Waals surface area contributed by atoms with Gasteiger partial charge in [0, 0.05) is 18.3 Å². The number of aliphatic hydroxyl groups is 1. The van der Waals surface area contributed by atoms with Gasteiger partial charge in [0.1, 0.15) is 13.2 Å². The van der Waals surface area contributed by atoms with Crippen molar-refractivity contribution in [3.63, 3.8) is 0 Å². The lowest BCUT2D eigenvalue weighted by Crippen LogP contribution is -2.43. The molecule has 2 N–H and O–H groups in total. The van der Waals surface area contributed by atoms with Gasteiger partial charge in [-0.05, 0) is 31.4 Å². The molecule has 0 atom stereocenters. The summed E-state index contributed by atoms with van der Waals surface area (Å²) in [6, 6.07) is 5.79. The maximum atomic E-state index is 9.99. The summed E-state index contributed by atoms with van der Waals surface area (Å²) in [4.78, 5) is 0. The first-order valence-corrected chi connectivity index (χ1v) is 6.11. The first-order valence-electron chi connectivity index (χ1n) is 6.11. The minimum Gasteiger partial charge on any atom is -0.486 e. The van der Waals surface area contributed by atoms with Crippen molar-refractivity contribution in [2.45, 2.75) is 24.9 Å². The first kappa shape index (κ1) is 10.7. The van der Waals surface area contributed by atoms with E-state index in [1.54, 1.807) is 0 Å². The van der Waals surface area contributed by atoms with Crippen LogP contribution in [0.1, 0.15) is 19.3 Å². The van der Waals surface area contributed by atoms with Gasteiger partial charge in [0.05, 0.1) is 5.60 Å². The Labute approximate surface area is 101 Å². The van der Waals surface area contributed by atoms with E-state index in [-0.39, 0.29) is 0 Å². The van der Waals surface area contributed by atoms with Crippen LogP contribution in [0, 0.1) is 0 Å². The van der Waals surface area contributed by atoms with Gasteiger partial charge in [0.25, 0.3) is 0 Å². The maximum absolute atomic E-state index is 9.99. The van der Waals surface area contributed by atoms with Gasteiger partial charge in [-0.2, -0.15) is 0 Å². The Bertz CT molecular complexity index is 415. The predicted molar refractivity (Wildman–Crippen MR) is 64.7 cm³/mol. The van der Waals surface area contributed by atoms with Crippen LogP contribution in [0.3, 0.4) is 0 Å². The van der Waals surface area contributed by atoms with E-state index < -0.39 is 5.60 Å². The fourth-order valence-electron chi connectivity index (χ4n) is 2.18. The molecule has 0 saturated heterocycles. The lowest BCUT2D eigenvalue weighted by Gasteiger charge is -2.37. The quantitative estimate of drug-likeness (QED) is 0.838. The van der Waals surface area contributed by atoms with Gasteiger partial charge >= 0.3 is 0 Å². The normalized spacial score (nSPS) is 20.5. The molecule has 4 heteroatoms. The van der Waals surface area contributed by atoms with Gasteiger partial charge < -0.3 is 19.9 Å². The van der Waals surface area contributed by atoms with Gasteiger partial charge in [-0.1, -0.05) is 0 Å². The van der Waals surface area contributed by atoms with Gasteiger partial charge in [-0.3, -0.25) is 0 Å². The third-order valence-electron chi connectivity index (χ3n) is 3.45. The Hall–Kier alpha value is -1.42. The van der Waals surface area contributed by atoms with Crippen LogP contribution in [-0.4, -0.2) is 30.5 Å². The Morgan fingerprint density at radius 2 is 1.94 bits per heavy atom. The van der Waals surface area contributed by atoms with Crippen LogP contribution in [-0.2, 0) is 0 Å². The van der Waals surface area contributed by atoms with Crippen LogP contribution in [0.2, 0.25) is 0 Å². The molecule has 0 spiro atoms. The minimum atomic E-state index is -0.507. The van der Waals surface area contributed by atoms with Crippen LogP contribution >= 0.6 is 0 Å². The second-order valence-corrected chi connectivity index (χ2v) is 4.79. The Morgan fingerprint density at radius 1 is 1.18 bits per heavy atom. The molecule has 0 amide bonds. The third-order valence-corrected chi connectivity index (χ3v) is 3.45. The molecule has 3 rings (SSSR count). The highest BCUT2D eigenvalue weighted by atomic mass is 16.6. The minimum absolute atomic E-state index is 0.507. The number of anilines is 1. The first-order chi connectivity index (χ1) is 8.25. The van der Waals surface area contributed by atoms with E-state index >= 15 is 0 Å². The summed E-state index contributed by atoms with van der Waals surface area (Å²) >= 11 is 0. The SMILES string of the molecule is OC1(CNc2ccc3c(c2)OCCO3)CCC1. The third kappa shape index (κ3) is 2.17. The molecule has 1 aromatic carbocycles. The fourth-order valence-corrected chi connectivity index (χ4v) is 2.18. The standard InChI is InChI=1S/C13H17NO3/c15-13(4-1-5-13)9-14-10-2-3-11-12(8-10)17-7-6-16-11/h2-3,8,14-15H,1,4-7,9H2. The van der Waals surface area contributed by atoms with Crippen LogP contribution in [0.15, 0.2) is 18.2 Å². The zero-order valence-corrected chi connectivity index (χ0v) is 9.74. The summed E-state index contributed by atoms with van der Waals surface area (Å²) in [5, 5.41) is 13.2. The molecule has 0 aromatic heterocycles. The van der Waals surface area contributed by atoms with E-state index in [0.717, 1.165) is 36.4 Å². The average Bonchev–Trinajstić information content (AvgIpc) is 2.34. The van der Waals surface area contributed by atoms with Crippen LogP contribution in [0.5, 0.6) is 11.5 Å². The summed E-state index contributed by atoms with van der Waals surface area (Å²) in [6.45, 7) is 1.81. The average molecular weight is 235 g/mol. The van der Waals surface area contributed by atoms with Crippen molar-refractivity contribution in [2.24, 2.45) is 0 Å². The summed E-state index contributed by atoms with van der Waals surface area (Å²) < 4.78 is 11.0. The van der Waals surface area contributed by atoms with E-state index in [4.69, 9.17) is 9.47 Å². The Balaban J connectivity index is 1.67. The van der Waals surface area contributed by atoms with Crippen molar-refractivity contribution in [2.75, 3.05) is 25.1 Å². The predicted octanol–water partition coefficient (Wildman–Crippen LogP) is 1.78. The van der Waals surface area contributed by atoms with Crippen molar-refractivity contribution in [1.82, 2.24) is 0 Å². The van der Waals surface area contributed by atoms with Gasteiger partial charge in [0.15, 0.2) is 11.5 Å². The van der Waals surface area contributed by atoms with E-state index in [9.17, 15) is 5.11 Å². The number of hydrogen-bond donors (Lipinski definition) is 2. The number of rotatable bonds is 3. The van der Waals surface area contributed by atoms with Crippen molar-refractivity contribution in [3.05, 3.63) is 18.2 Å². The smallest absolute Gasteiger partial charge is 0.163 e. The molecular formula is C13H17NO3. The van der Waals surface area contributed by atoms with E-state index in [2.05, 4.69) is 5.32 Å². The van der Waals surface area contributed by atoms with Crippen molar-refractivity contribution in [1.29, 1.82) is 0 Å². The number of nitrogens with one attached hydrogen (secondary N) is 1. The lowest BCUT2D eigenvalue weighted by atomic mass is 9.80. The van der Waals surface area contributed by atoms with Crippen LogP contribution in [0.4, 0.5) is 5.69 Å². The Morgan fingerprint density at radius 3 is 2.65 bits per heavy atom. The molecule has 0 bridgehead atoms. The van der Waals surface area contributed by atoms with Crippen molar-refractivity contribution < 1.29 is 14.6 Å². The zero-order chi connectivity index (χ0) is 11.7. The number of ether oxygens (including phenoxy) is 2. The van der Waals surface area contributed by atoms with E-state index in [1.807, 2.05) is 18.2 Å². The molecular weight excluding hydrogens is 218 g/mol. The summed E-state index contributed by atoms with van der Waals surface area (Å²) in [6.07, 6.45) is 2.91. The topological polar surface area (TPSA) is 50.7 Å². The summed E-state index contributed by atoms with van der Waals surface area (Å²) in [5.74, 6) is 1.58. The lowest BCUT2D eigenvalue weighted by molar-refractivity contribution is -0.0202. The van der Waals surface area contributed by atoms with Gasteiger partial charge in [-0.15, -0.1) is 0 Å². The van der Waals surface area contributed by atoms with Crippen molar-refractivity contribution in [3.8, 4) is 11.5 Å². The molecule has 1 aliphatic heterocycles. The molecule has 92 valence electrons.